The smallest absolute Gasteiger partial charge is 0.477 e. The van der Waals surface area contributed by atoms with Crippen LogP contribution in [0, 0.1) is 0 Å². The lowest BCUT2D eigenvalue weighted by Gasteiger charge is -2.01. The van der Waals surface area contributed by atoms with Crippen LogP contribution in [0.1, 0.15) is 0 Å². The summed E-state index contributed by atoms with van der Waals surface area (Å²) in [5.74, 6) is 0. The fraction of sp³-hybridized carbons (Fsp3) is 0.500. The van der Waals surface area contributed by atoms with Gasteiger partial charge in [-0.2, -0.15) is 0 Å². The second kappa shape index (κ2) is 2.34. The van der Waals surface area contributed by atoms with Gasteiger partial charge < -0.3 is 14.6 Å². The second-order valence-electron chi connectivity index (χ2n) is 1.43. The Bertz CT molecular complexity index is 144. The predicted molar refractivity (Wildman–Crippen MR) is 27.3 cm³/mol. The molecular weight excluding hydrogens is 126 g/mol. The minimum atomic E-state index is -1.33. The van der Waals surface area contributed by atoms with Gasteiger partial charge >= 0.3 is 6.16 Å². The number of hydrogen-bond acceptors (Lipinski definition) is 4. The summed E-state index contributed by atoms with van der Waals surface area (Å²) in [7, 11) is 0. The Morgan fingerprint density at radius 3 is 3.22 bits per heavy atom. The Hall–Kier alpha value is -1.26. The van der Waals surface area contributed by atoms with Crippen LogP contribution >= 0.6 is 0 Å². The van der Waals surface area contributed by atoms with Gasteiger partial charge in [-0.25, -0.2) is 9.79 Å². The number of rotatable bonds is 1. The molecule has 9 heavy (non-hydrogen) atoms. The van der Waals surface area contributed by atoms with Gasteiger partial charge in [0, 0.05) is 0 Å². The van der Waals surface area contributed by atoms with Crippen LogP contribution in [-0.2, 0) is 9.47 Å². The normalized spacial score (nSPS) is 23.3. The highest BCUT2D eigenvalue weighted by molar-refractivity contribution is 5.58. The van der Waals surface area contributed by atoms with Crippen LogP contribution in [0.2, 0.25) is 0 Å². The summed E-state index contributed by atoms with van der Waals surface area (Å²) >= 11 is 0. The van der Waals surface area contributed by atoms with Crippen LogP contribution < -0.4 is 0 Å². The third kappa shape index (κ3) is 1.60. The van der Waals surface area contributed by atoms with E-state index in [9.17, 15) is 4.79 Å². The molecule has 0 bridgehead atoms. The molecule has 0 saturated carbocycles. The SMILES string of the molecule is O=C(O)OC1COC=N1. The Labute approximate surface area is 50.9 Å². The lowest BCUT2D eigenvalue weighted by Crippen LogP contribution is -2.15. The van der Waals surface area contributed by atoms with Crippen molar-refractivity contribution in [2.24, 2.45) is 4.99 Å². The van der Waals surface area contributed by atoms with Gasteiger partial charge in [-0.15, -0.1) is 0 Å². The molecule has 1 N–H and O–H groups in total. The molecule has 0 aromatic heterocycles. The molecule has 5 nitrogen and oxygen atoms in total. The molecule has 0 aromatic rings. The van der Waals surface area contributed by atoms with E-state index in [1.165, 1.54) is 6.40 Å². The van der Waals surface area contributed by atoms with Crippen molar-refractivity contribution in [1.82, 2.24) is 0 Å². The Morgan fingerprint density at radius 1 is 2.00 bits per heavy atom. The molecule has 50 valence electrons. The fourth-order valence-electron chi connectivity index (χ4n) is 0.460. The largest absolute Gasteiger partial charge is 0.507 e. The van der Waals surface area contributed by atoms with E-state index in [2.05, 4.69) is 14.5 Å². The maximum absolute atomic E-state index is 9.80. The highest BCUT2D eigenvalue weighted by Gasteiger charge is 2.14. The average Bonchev–Trinajstić information content (AvgIpc) is 2.15. The summed E-state index contributed by atoms with van der Waals surface area (Å²) in [6.45, 7) is 0.187. The zero-order valence-electron chi connectivity index (χ0n) is 4.48. The minimum absolute atomic E-state index is 0.187. The molecule has 0 aliphatic carbocycles. The number of carbonyl (C=O) groups is 1. The first-order chi connectivity index (χ1) is 4.29. The van der Waals surface area contributed by atoms with Crippen molar-refractivity contribution in [2.45, 2.75) is 6.23 Å². The third-order valence-electron chi connectivity index (χ3n) is 0.777. The fourth-order valence-corrected chi connectivity index (χ4v) is 0.460. The summed E-state index contributed by atoms with van der Waals surface area (Å²) in [5.41, 5.74) is 0. The van der Waals surface area contributed by atoms with Crippen LogP contribution in [0.15, 0.2) is 4.99 Å². The van der Waals surface area contributed by atoms with Crippen LogP contribution in [0.3, 0.4) is 0 Å². The zero-order chi connectivity index (χ0) is 6.69. The maximum atomic E-state index is 9.80. The third-order valence-corrected chi connectivity index (χ3v) is 0.777. The second-order valence-corrected chi connectivity index (χ2v) is 1.43. The molecule has 1 unspecified atom stereocenters. The van der Waals surface area contributed by atoms with E-state index in [0.717, 1.165) is 0 Å². The summed E-state index contributed by atoms with van der Waals surface area (Å²) < 4.78 is 8.78. The van der Waals surface area contributed by atoms with Gasteiger partial charge in [-0.1, -0.05) is 0 Å². The summed E-state index contributed by atoms with van der Waals surface area (Å²) in [4.78, 5) is 13.3. The molecule has 1 heterocycles. The van der Waals surface area contributed by atoms with Crippen molar-refractivity contribution in [2.75, 3.05) is 6.61 Å². The highest BCUT2D eigenvalue weighted by Crippen LogP contribution is 1.99. The quantitative estimate of drug-likeness (QED) is 0.511. The Kier molecular flexibility index (Phi) is 1.53. The summed E-state index contributed by atoms with van der Waals surface area (Å²) in [6, 6.07) is 0. The van der Waals surface area contributed by atoms with Crippen molar-refractivity contribution in [1.29, 1.82) is 0 Å². The van der Waals surface area contributed by atoms with Crippen LogP contribution in [0.4, 0.5) is 4.79 Å². The molecule has 0 spiro atoms. The molecule has 0 fully saturated rings. The molecule has 0 amide bonds. The summed E-state index contributed by atoms with van der Waals surface area (Å²) in [5, 5.41) is 8.02. The first-order valence-electron chi connectivity index (χ1n) is 2.32. The lowest BCUT2D eigenvalue weighted by molar-refractivity contribution is 0.0441. The Balaban J connectivity index is 2.28. The Morgan fingerprint density at radius 2 is 2.78 bits per heavy atom. The first kappa shape index (κ1) is 5.87. The van der Waals surface area contributed by atoms with Crippen molar-refractivity contribution >= 4 is 12.6 Å². The van der Waals surface area contributed by atoms with Crippen LogP contribution in [-0.4, -0.2) is 30.5 Å². The van der Waals surface area contributed by atoms with Gasteiger partial charge in [0.05, 0.1) is 0 Å². The number of aliphatic imine (C=N–C) groups is 1. The molecule has 0 radical (unpaired) electrons. The van der Waals surface area contributed by atoms with E-state index in [0.29, 0.717) is 0 Å². The molecule has 1 atom stereocenters. The topological polar surface area (TPSA) is 68.1 Å². The van der Waals surface area contributed by atoms with Crippen LogP contribution in [0.25, 0.3) is 0 Å². The van der Waals surface area contributed by atoms with E-state index >= 15 is 0 Å². The van der Waals surface area contributed by atoms with Crippen molar-refractivity contribution < 1.29 is 19.4 Å². The standard InChI is InChI=1S/C4H5NO4/c6-4(7)9-3-1-8-2-5-3/h2-3H,1H2,(H,6,7). The zero-order valence-corrected chi connectivity index (χ0v) is 4.48. The number of ether oxygens (including phenoxy) is 2. The summed E-state index contributed by atoms with van der Waals surface area (Å²) in [6.07, 6.45) is -0.821. The lowest BCUT2D eigenvalue weighted by atomic mass is 10.6. The molecular formula is C4H5NO4. The van der Waals surface area contributed by atoms with Crippen molar-refractivity contribution in [3.05, 3.63) is 0 Å². The van der Waals surface area contributed by atoms with Gasteiger partial charge in [0.2, 0.25) is 6.23 Å². The van der Waals surface area contributed by atoms with E-state index in [-0.39, 0.29) is 6.61 Å². The van der Waals surface area contributed by atoms with Gasteiger partial charge in [0.25, 0.3) is 0 Å². The van der Waals surface area contributed by atoms with Crippen molar-refractivity contribution in [3.63, 3.8) is 0 Å². The average molecular weight is 131 g/mol. The molecule has 5 heteroatoms. The monoisotopic (exact) mass is 131 g/mol. The minimum Gasteiger partial charge on any atom is -0.477 e. The number of carboxylic acid groups (broad SMARTS) is 1. The molecule has 1 aliphatic rings. The van der Waals surface area contributed by atoms with E-state index in [4.69, 9.17) is 5.11 Å². The van der Waals surface area contributed by atoms with Gasteiger partial charge in [0.15, 0.2) is 6.40 Å². The molecule has 1 aliphatic heterocycles. The number of nitrogens with zero attached hydrogens (tertiary/aromatic N) is 1. The van der Waals surface area contributed by atoms with E-state index < -0.39 is 12.4 Å². The highest BCUT2D eigenvalue weighted by atomic mass is 16.7. The maximum Gasteiger partial charge on any atom is 0.507 e. The molecule has 1 rings (SSSR count). The van der Waals surface area contributed by atoms with E-state index in [1.807, 2.05) is 0 Å². The number of hydrogen-bond donors (Lipinski definition) is 1. The van der Waals surface area contributed by atoms with E-state index in [1.54, 1.807) is 0 Å². The molecule has 0 saturated heterocycles. The predicted octanol–water partition coefficient (Wildman–Crippen LogP) is 0.0656. The first-order valence-corrected chi connectivity index (χ1v) is 2.32. The molecule has 0 aromatic carbocycles. The van der Waals surface area contributed by atoms with Gasteiger partial charge in [0.1, 0.15) is 6.61 Å². The van der Waals surface area contributed by atoms with Gasteiger partial charge in [-0.3, -0.25) is 0 Å². The van der Waals surface area contributed by atoms with Crippen LogP contribution in [0.5, 0.6) is 0 Å². The van der Waals surface area contributed by atoms with Crippen molar-refractivity contribution in [3.8, 4) is 0 Å². The van der Waals surface area contributed by atoms with Gasteiger partial charge in [-0.05, 0) is 0 Å².